The fraction of sp³-hybridized carbons (Fsp3) is 0.0400. The van der Waals surface area contributed by atoms with Gasteiger partial charge in [0.15, 0.2) is 4.90 Å². The molecule has 0 saturated heterocycles. The summed E-state index contributed by atoms with van der Waals surface area (Å²) >= 11 is -1.56. The van der Waals surface area contributed by atoms with Crippen LogP contribution in [0.1, 0.15) is 0 Å². The maximum Gasteiger partial charge on any atom is 0.173 e. The second-order valence-corrected chi connectivity index (χ2v) is 8.45. The van der Waals surface area contributed by atoms with Gasteiger partial charge in [-0.05, 0) is 78.9 Å². The molecule has 0 aliphatic rings. The lowest BCUT2D eigenvalue weighted by Gasteiger charge is -2.09. The molecule has 6 nitrogen and oxygen atoms in total. The van der Waals surface area contributed by atoms with E-state index < -0.39 is 11.4 Å². The van der Waals surface area contributed by atoms with Crippen molar-refractivity contribution in [2.75, 3.05) is 7.11 Å². The van der Waals surface area contributed by atoms with E-state index >= 15 is 0 Å². The molecule has 164 valence electrons. The summed E-state index contributed by atoms with van der Waals surface area (Å²) in [6.07, 6.45) is 0. The van der Waals surface area contributed by atoms with Gasteiger partial charge in [0.05, 0.1) is 46.8 Å². The summed E-state index contributed by atoms with van der Waals surface area (Å²) in [6.45, 7) is 0. The number of benzene rings is 3. The van der Waals surface area contributed by atoms with Crippen LogP contribution >= 0.6 is 0 Å². The molecule has 0 spiro atoms. The summed E-state index contributed by atoms with van der Waals surface area (Å²) in [4.78, 5) is 5.26. The summed E-state index contributed by atoms with van der Waals surface area (Å²) in [5, 5.41) is 11.0. The summed E-state index contributed by atoms with van der Waals surface area (Å²) in [6, 6.07) is 24.8. The molecular weight excluding hydrogens is 439 g/mol. The Bertz CT molecular complexity index is 1430. The molecule has 0 fully saturated rings. The number of pyridine rings is 1. The van der Waals surface area contributed by atoms with Crippen LogP contribution in [-0.2, 0) is 11.4 Å². The zero-order chi connectivity index (χ0) is 22.9. The molecule has 0 radical (unpaired) electrons. The van der Waals surface area contributed by atoms with Crippen molar-refractivity contribution in [2.24, 2.45) is 5.14 Å². The van der Waals surface area contributed by atoms with Crippen LogP contribution < -0.4 is 9.88 Å². The number of nitrogens with two attached hydrogens (primary N) is 1. The number of fused-ring (bicyclic) bond motifs is 1. The lowest BCUT2D eigenvalue weighted by molar-refractivity contribution is 0.415. The Morgan fingerprint density at radius 3 is 2.36 bits per heavy atom. The van der Waals surface area contributed by atoms with Crippen molar-refractivity contribution in [1.29, 1.82) is 0 Å². The Hall–Kier alpha value is -3.72. The van der Waals surface area contributed by atoms with E-state index in [0.717, 1.165) is 33.8 Å². The number of aromatic nitrogens is 3. The minimum atomic E-state index is -1.56. The predicted octanol–water partition coefficient (Wildman–Crippen LogP) is 4.88. The highest BCUT2D eigenvalue weighted by atomic mass is 32.2. The van der Waals surface area contributed by atoms with Crippen molar-refractivity contribution in [3.05, 3.63) is 90.7 Å². The van der Waals surface area contributed by atoms with Crippen LogP contribution in [0.15, 0.2) is 89.8 Å². The van der Waals surface area contributed by atoms with Crippen molar-refractivity contribution < 1.29 is 13.7 Å². The van der Waals surface area contributed by atoms with Gasteiger partial charge in [0.1, 0.15) is 11.6 Å². The highest BCUT2D eigenvalue weighted by molar-refractivity contribution is 7.89. The molecule has 2 aromatic heterocycles. The number of rotatable bonds is 5. The highest BCUT2D eigenvalue weighted by Crippen LogP contribution is 2.30. The number of ether oxygens (including phenoxy) is 1. The topological polar surface area (TPSA) is 89.0 Å². The number of hydrogen-bond acceptors (Lipinski definition) is 5. The van der Waals surface area contributed by atoms with Crippen molar-refractivity contribution in [2.45, 2.75) is 4.90 Å². The van der Waals surface area contributed by atoms with E-state index in [9.17, 15) is 8.94 Å². The van der Waals surface area contributed by atoms with Gasteiger partial charge in [-0.1, -0.05) is 6.07 Å². The first-order chi connectivity index (χ1) is 16.0. The molecule has 1 unspecified atom stereocenters. The van der Waals surface area contributed by atoms with Crippen LogP contribution in [0.3, 0.4) is 0 Å². The van der Waals surface area contributed by atoms with E-state index in [2.05, 4.69) is 0 Å². The van der Waals surface area contributed by atoms with Crippen LogP contribution in [0, 0.1) is 5.82 Å². The van der Waals surface area contributed by atoms with Gasteiger partial charge in [0, 0.05) is 10.9 Å². The van der Waals surface area contributed by atoms with Gasteiger partial charge in [-0.2, -0.15) is 5.10 Å². The minimum absolute atomic E-state index is 0.304. The summed E-state index contributed by atoms with van der Waals surface area (Å²) in [5.41, 5.74) is 4.56. The lowest BCUT2D eigenvalue weighted by Crippen LogP contribution is -2.12. The number of methoxy groups -OCH3 is 1. The molecule has 1 atom stereocenters. The molecule has 0 bridgehead atoms. The summed E-state index contributed by atoms with van der Waals surface area (Å²) in [5.74, 6) is 0.452. The van der Waals surface area contributed by atoms with Crippen molar-refractivity contribution in [3.8, 4) is 34.1 Å². The average Bonchev–Trinajstić information content (AvgIpc) is 3.29. The Kier molecular flexibility index (Phi) is 5.55. The van der Waals surface area contributed by atoms with E-state index in [-0.39, 0.29) is 5.82 Å². The van der Waals surface area contributed by atoms with E-state index in [1.165, 1.54) is 12.1 Å². The molecule has 3 aromatic carbocycles. The maximum atomic E-state index is 13.6. The zero-order valence-electron chi connectivity index (χ0n) is 17.6. The van der Waals surface area contributed by atoms with Crippen molar-refractivity contribution in [3.63, 3.8) is 0 Å². The second kappa shape index (κ2) is 8.67. The first-order valence-electron chi connectivity index (χ1n) is 10.1. The first kappa shape index (κ1) is 21.1. The van der Waals surface area contributed by atoms with E-state index in [4.69, 9.17) is 20.0 Å². The van der Waals surface area contributed by atoms with Gasteiger partial charge in [-0.3, -0.25) is 0 Å². The second-order valence-electron chi connectivity index (χ2n) is 7.38. The molecule has 0 saturated carbocycles. The van der Waals surface area contributed by atoms with Crippen molar-refractivity contribution in [1.82, 2.24) is 14.8 Å². The highest BCUT2D eigenvalue weighted by Gasteiger charge is 2.16. The standard InChI is InChI=1S/C25H19FN4O2S/c1-32-20-8-2-16(3-9-20)24-15-25(23-12-4-17-14-18(26)5-13-22(17)28-23)30(29-24)19-6-10-21(11-7-19)33(27)31/h2-15H,27H2,1H3. The zero-order valence-corrected chi connectivity index (χ0v) is 18.4. The van der Waals surface area contributed by atoms with Crippen LogP contribution in [0.5, 0.6) is 5.75 Å². The quantitative estimate of drug-likeness (QED) is 0.379. The van der Waals surface area contributed by atoms with Gasteiger partial charge >= 0.3 is 0 Å². The Labute approximate surface area is 192 Å². The van der Waals surface area contributed by atoms with Crippen LogP contribution in [-0.4, -0.2) is 26.4 Å². The fourth-order valence-electron chi connectivity index (χ4n) is 3.62. The normalized spacial score (nSPS) is 12.1. The molecule has 0 aliphatic carbocycles. The molecule has 0 aliphatic heterocycles. The Morgan fingerprint density at radius 2 is 1.67 bits per heavy atom. The van der Waals surface area contributed by atoms with Gasteiger partial charge in [-0.15, -0.1) is 5.14 Å². The maximum absolute atomic E-state index is 13.6. The van der Waals surface area contributed by atoms with E-state index in [1.807, 2.05) is 54.6 Å². The lowest BCUT2D eigenvalue weighted by atomic mass is 10.1. The predicted molar refractivity (Wildman–Crippen MR) is 127 cm³/mol. The average molecular weight is 459 g/mol. The van der Waals surface area contributed by atoms with E-state index in [1.54, 1.807) is 30.0 Å². The molecule has 2 N–H and O–H groups in total. The molecule has 8 heteroatoms. The molecule has 2 heterocycles. The van der Waals surface area contributed by atoms with E-state index in [0.29, 0.717) is 16.1 Å². The Morgan fingerprint density at radius 1 is 0.909 bits per heavy atom. The number of halogens is 1. The molecule has 5 rings (SSSR count). The van der Waals surface area contributed by atoms with Gasteiger partial charge in [0.25, 0.3) is 0 Å². The number of nitrogens with zero attached hydrogens (tertiary/aromatic N) is 3. The summed E-state index contributed by atoms with van der Waals surface area (Å²) < 4.78 is 32.2. The smallest absolute Gasteiger partial charge is 0.173 e. The van der Waals surface area contributed by atoms with Crippen LogP contribution in [0.2, 0.25) is 0 Å². The van der Waals surface area contributed by atoms with Crippen LogP contribution in [0.4, 0.5) is 4.39 Å². The van der Waals surface area contributed by atoms with Crippen molar-refractivity contribution >= 4 is 22.3 Å². The molecular formula is C25H19FN4O2S. The first-order valence-corrected chi connectivity index (χ1v) is 11.3. The third kappa shape index (κ3) is 4.19. The largest absolute Gasteiger partial charge is 0.593 e. The molecule has 33 heavy (non-hydrogen) atoms. The van der Waals surface area contributed by atoms with Gasteiger partial charge < -0.3 is 9.29 Å². The van der Waals surface area contributed by atoms with Gasteiger partial charge in [0.2, 0.25) is 0 Å². The number of hydrogen-bond donors (Lipinski definition) is 1. The molecule has 0 amide bonds. The minimum Gasteiger partial charge on any atom is -0.593 e. The summed E-state index contributed by atoms with van der Waals surface area (Å²) in [7, 11) is 1.62. The van der Waals surface area contributed by atoms with Gasteiger partial charge in [-0.25, -0.2) is 14.1 Å². The molecule has 5 aromatic rings. The monoisotopic (exact) mass is 458 g/mol. The van der Waals surface area contributed by atoms with Crippen LogP contribution in [0.25, 0.3) is 39.2 Å². The third-order valence-electron chi connectivity index (χ3n) is 5.32. The third-order valence-corrected chi connectivity index (χ3v) is 6.06. The Balaban J connectivity index is 1.66. The SMILES string of the molecule is COc1ccc(-c2cc(-c3ccc4cc(F)ccc4n3)n(-c3ccc([S+](N)[O-])cc3)n2)cc1. The fourth-order valence-corrected chi connectivity index (χ4v) is 4.03.